The first-order valence-electron chi connectivity index (χ1n) is 11.5. The van der Waals surface area contributed by atoms with E-state index >= 15 is 0 Å². The van der Waals surface area contributed by atoms with E-state index < -0.39 is 28.5 Å². The van der Waals surface area contributed by atoms with Gasteiger partial charge in [0.2, 0.25) is 5.91 Å². The number of nitrogens with one attached hydrogen (secondary N) is 1. The lowest BCUT2D eigenvalue weighted by Crippen LogP contribution is -2.49. The summed E-state index contributed by atoms with van der Waals surface area (Å²) in [7, 11) is 0. The topological polar surface area (TPSA) is 109 Å². The molecule has 0 bridgehead atoms. The largest absolute Gasteiger partial charge is 0.423 e. The van der Waals surface area contributed by atoms with Crippen LogP contribution in [0.5, 0.6) is 0 Å². The van der Waals surface area contributed by atoms with Crippen LogP contribution in [0.15, 0.2) is 39.8 Å². The van der Waals surface area contributed by atoms with Crippen molar-refractivity contribution in [1.29, 1.82) is 0 Å². The molecule has 4 heterocycles. The summed E-state index contributed by atoms with van der Waals surface area (Å²) in [6, 6.07) is 4.49. The van der Waals surface area contributed by atoms with Gasteiger partial charge in [-0.2, -0.15) is 23.3 Å². The van der Waals surface area contributed by atoms with Crippen LogP contribution < -0.4 is 10.5 Å². The fraction of sp³-hybridized carbons (Fsp3) is 0.391. The molecular formula is C23H22F4N6O4. The summed E-state index contributed by atoms with van der Waals surface area (Å²) in [5.74, 6) is -0.509. The maximum absolute atomic E-state index is 13.4. The number of halogens is 4. The minimum atomic E-state index is -4.69. The zero-order chi connectivity index (χ0) is 26.2. The normalized spacial score (nSPS) is 14.7. The number of aromatic amines is 1. The van der Waals surface area contributed by atoms with Crippen LogP contribution in [-0.4, -0.2) is 69.9 Å². The molecule has 14 heteroatoms. The Kier molecular flexibility index (Phi) is 6.58. The molecule has 1 amide bonds. The number of piperazine rings is 1. The Labute approximate surface area is 206 Å². The Bertz CT molecular complexity index is 1490. The number of benzene rings is 1. The van der Waals surface area contributed by atoms with Gasteiger partial charge in [-0.05, 0) is 12.1 Å². The Balaban J connectivity index is 1.09. The lowest BCUT2D eigenvalue weighted by atomic mass is 10.2. The molecule has 1 aliphatic rings. The Morgan fingerprint density at radius 1 is 1.16 bits per heavy atom. The average molecular weight is 522 g/mol. The monoisotopic (exact) mass is 522 g/mol. The van der Waals surface area contributed by atoms with Gasteiger partial charge in [0, 0.05) is 45.0 Å². The van der Waals surface area contributed by atoms with Gasteiger partial charge in [-0.25, -0.2) is 9.49 Å². The molecule has 1 saturated heterocycles. The van der Waals surface area contributed by atoms with Gasteiger partial charge in [0.05, 0.1) is 42.3 Å². The van der Waals surface area contributed by atoms with Crippen molar-refractivity contribution in [2.45, 2.75) is 19.1 Å². The van der Waals surface area contributed by atoms with Crippen LogP contribution in [0.3, 0.4) is 0 Å². The molecule has 1 aromatic carbocycles. The number of hydrogen-bond acceptors (Lipinski definition) is 7. The molecule has 10 nitrogen and oxygen atoms in total. The van der Waals surface area contributed by atoms with Crippen molar-refractivity contribution in [1.82, 2.24) is 24.6 Å². The van der Waals surface area contributed by atoms with E-state index in [0.29, 0.717) is 43.3 Å². The van der Waals surface area contributed by atoms with E-state index in [2.05, 4.69) is 10.1 Å². The quantitative estimate of drug-likeness (QED) is 0.294. The predicted octanol–water partition coefficient (Wildman–Crippen LogP) is 2.78. The first-order chi connectivity index (χ1) is 17.7. The number of nitrogens with zero attached hydrogens (tertiary/aromatic N) is 5. The predicted molar refractivity (Wildman–Crippen MR) is 124 cm³/mol. The minimum absolute atomic E-state index is 0.0489. The summed E-state index contributed by atoms with van der Waals surface area (Å²) < 4.78 is 65.8. The summed E-state index contributed by atoms with van der Waals surface area (Å²) in [5.41, 5.74) is -0.989. The molecule has 5 rings (SSSR count). The summed E-state index contributed by atoms with van der Waals surface area (Å²) in [5, 5.41) is 5.13. The number of aromatic nitrogens is 4. The van der Waals surface area contributed by atoms with Crippen LogP contribution >= 0.6 is 0 Å². The molecular weight excluding hydrogens is 500 g/mol. The summed E-state index contributed by atoms with van der Waals surface area (Å²) in [4.78, 5) is 32.3. The van der Waals surface area contributed by atoms with Crippen molar-refractivity contribution in [3.63, 3.8) is 0 Å². The van der Waals surface area contributed by atoms with Crippen molar-refractivity contribution in [2.75, 3.05) is 44.3 Å². The lowest BCUT2D eigenvalue weighted by Gasteiger charge is -2.33. The fourth-order valence-electron chi connectivity index (χ4n) is 4.31. The highest BCUT2D eigenvalue weighted by atomic mass is 19.4. The number of ether oxygens (including phenoxy) is 1. The second-order valence-electron chi connectivity index (χ2n) is 8.53. The van der Waals surface area contributed by atoms with Crippen LogP contribution in [0.1, 0.15) is 12.0 Å². The van der Waals surface area contributed by atoms with Gasteiger partial charge < -0.3 is 23.5 Å². The standard InChI is InChI=1S/C23H22F4N6O4/c24-14-1-2-18-16(11-14)29-22(37-18)32-6-4-31(5-7-32)19(34)3-9-36-10-8-33-13-15(23(25,26)27)20-17(33)12-28-30-21(20)35/h1-2,11-13H,3-10H2,(H,30,35). The molecule has 196 valence electrons. The van der Waals surface area contributed by atoms with Gasteiger partial charge in [-0.3, -0.25) is 9.59 Å². The highest BCUT2D eigenvalue weighted by Gasteiger charge is 2.36. The van der Waals surface area contributed by atoms with E-state index in [1.165, 1.54) is 22.8 Å². The molecule has 0 radical (unpaired) electrons. The highest BCUT2D eigenvalue weighted by Crippen LogP contribution is 2.34. The van der Waals surface area contributed by atoms with Crippen LogP contribution in [0.25, 0.3) is 22.0 Å². The van der Waals surface area contributed by atoms with E-state index in [9.17, 15) is 27.2 Å². The van der Waals surface area contributed by atoms with Crippen LogP contribution in [0, 0.1) is 5.82 Å². The summed E-state index contributed by atoms with van der Waals surface area (Å²) in [6.45, 7) is 2.09. The smallest absolute Gasteiger partial charge is 0.418 e. The molecule has 37 heavy (non-hydrogen) atoms. The zero-order valence-corrected chi connectivity index (χ0v) is 19.4. The van der Waals surface area contributed by atoms with Crippen LogP contribution in [0.2, 0.25) is 0 Å². The van der Waals surface area contributed by atoms with Gasteiger partial charge in [-0.15, -0.1) is 0 Å². The van der Waals surface area contributed by atoms with Gasteiger partial charge in [0.15, 0.2) is 5.58 Å². The molecule has 1 fully saturated rings. The van der Waals surface area contributed by atoms with Crippen molar-refractivity contribution in [2.24, 2.45) is 0 Å². The third kappa shape index (κ3) is 5.14. The molecule has 0 spiro atoms. The molecule has 1 N–H and O–H groups in total. The van der Waals surface area contributed by atoms with E-state index in [1.807, 2.05) is 10.00 Å². The van der Waals surface area contributed by atoms with E-state index in [4.69, 9.17) is 9.15 Å². The van der Waals surface area contributed by atoms with E-state index in [1.54, 1.807) is 4.90 Å². The van der Waals surface area contributed by atoms with E-state index in [0.717, 1.165) is 12.4 Å². The number of H-pyrrole nitrogens is 1. The first-order valence-corrected chi connectivity index (χ1v) is 11.5. The number of alkyl halides is 3. The fourth-order valence-corrected chi connectivity index (χ4v) is 4.31. The lowest BCUT2D eigenvalue weighted by molar-refractivity contribution is -0.136. The Hall–Kier alpha value is -3.94. The van der Waals surface area contributed by atoms with Gasteiger partial charge >= 0.3 is 6.18 Å². The van der Waals surface area contributed by atoms with Crippen molar-refractivity contribution < 1.29 is 31.5 Å². The van der Waals surface area contributed by atoms with Gasteiger partial charge in [-0.1, -0.05) is 0 Å². The maximum Gasteiger partial charge on any atom is 0.418 e. The number of anilines is 1. The second-order valence-corrected chi connectivity index (χ2v) is 8.53. The Morgan fingerprint density at radius 3 is 2.70 bits per heavy atom. The van der Waals surface area contributed by atoms with Crippen molar-refractivity contribution >= 4 is 33.9 Å². The Morgan fingerprint density at radius 2 is 1.95 bits per heavy atom. The molecule has 0 unspecified atom stereocenters. The number of oxazole rings is 1. The molecule has 3 aromatic heterocycles. The van der Waals surface area contributed by atoms with Crippen LogP contribution in [0.4, 0.5) is 23.6 Å². The molecule has 0 atom stereocenters. The number of rotatable bonds is 7. The van der Waals surface area contributed by atoms with E-state index in [-0.39, 0.29) is 37.6 Å². The first kappa shape index (κ1) is 24.7. The average Bonchev–Trinajstić information content (AvgIpc) is 3.46. The zero-order valence-electron chi connectivity index (χ0n) is 19.4. The third-order valence-corrected chi connectivity index (χ3v) is 6.18. The SMILES string of the molecule is O=C(CCOCCn1cc(C(F)(F)F)c2c(=O)[nH]ncc21)N1CCN(c2nc3cc(F)ccc3o2)CC1. The molecule has 1 aliphatic heterocycles. The number of carbonyl (C=O) groups is 1. The van der Waals surface area contributed by atoms with Crippen molar-refractivity contribution in [3.05, 3.63) is 52.3 Å². The molecule has 0 aliphatic carbocycles. The molecule has 4 aromatic rings. The summed E-state index contributed by atoms with van der Waals surface area (Å²) >= 11 is 0. The summed E-state index contributed by atoms with van der Waals surface area (Å²) in [6.07, 6.45) is -2.55. The number of fused-ring (bicyclic) bond motifs is 2. The van der Waals surface area contributed by atoms with Gasteiger partial charge in [0.25, 0.3) is 11.6 Å². The van der Waals surface area contributed by atoms with Crippen molar-refractivity contribution in [3.8, 4) is 0 Å². The third-order valence-electron chi connectivity index (χ3n) is 6.18. The minimum Gasteiger partial charge on any atom is -0.423 e. The maximum atomic E-state index is 13.4. The van der Waals surface area contributed by atoms with Gasteiger partial charge in [0.1, 0.15) is 11.3 Å². The second kappa shape index (κ2) is 9.84. The number of hydrogen-bond donors (Lipinski definition) is 1. The number of amides is 1. The molecule has 0 saturated carbocycles. The van der Waals surface area contributed by atoms with Crippen LogP contribution in [-0.2, 0) is 22.3 Å². The highest BCUT2D eigenvalue weighted by molar-refractivity contribution is 5.82. The number of carbonyl (C=O) groups excluding carboxylic acids is 1.